The molecular formula is C16H16N2O2S. The van der Waals surface area contributed by atoms with Crippen LogP contribution in [0.4, 0.5) is 0 Å². The zero-order valence-electron chi connectivity index (χ0n) is 11.7. The highest BCUT2D eigenvalue weighted by Gasteiger charge is 2.20. The van der Waals surface area contributed by atoms with Gasteiger partial charge in [-0.1, -0.05) is 43.3 Å². The predicted octanol–water partition coefficient (Wildman–Crippen LogP) is 2.99. The average molecular weight is 300 g/mol. The molecule has 2 aromatic carbocycles. The first-order valence-corrected chi connectivity index (χ1v) is 8.12. The molecule has 0 spiro atoms. The monoisotopic (exact) mass is 300 g/mol. The molecule has 2 rings (SSSR count). The molecule has 0 aromatic heterocycles. The molecule has 0 radical (unpaired) electrons. The van der Waals surface area contributed by atoms with Gasteiger partial charge in [0.2, 0.25) is 10.0 Å². The van der Waals surface area contributed by atoms with Crippen molar-refractivity contribution in [1.29, 1.82) is 5.26 Å². The average Bonchev–Trinajstić information content (AvgIpc) is 2.53. The van der Waals surface area contributed by atoms with Crippen molar-refractivity contribution >= 4 is 10.0 Å². The molecule has 0 aliphatic heterocycles. The standard InChI is InChI=1S/C16H16N2O2S/c1-2-16(14-8-4-3-5-9-14)18-21(19,20)15-10-6-7-13(11-15)12-17/h3-11,16,18H,2H2,1H3. The first kappa shape index (κ1) is 15.2. The Kier molecular flexibility index (Phi) is 4.73. The molecule has 5 heteroatoms. The van der Waals surface area contributed by atoms with Crippen LogP contribution in [0.1, 0.15) is 30.5 Å². The molecule has 1 atom stereocenters. The molecule has 0 saturated heterocycles. The molecule has 4 nitrogen and oxygen atoms in total. The fourth-order valence-corrected chi connectivity index (χ4v) is 3.41. The van der Waals surface area contributed by atoms with Gasteiger partial charge in [-0.15, -0.1) is 0 Å². The van der Waals surface area contributed by atoms with Crippen molar-refractivity contribution in [1.82, 2.24) is 4.72 Å². The quantitative estimate of drug-likeness (QED) is 0.922. The van der Waals surface area contributed by atoms with E-state index in [0.717, 1.165) is 5.56 Å². The summed E-state index contributed by atoms with van der Waals surface area (Å²) in [5, 5.41) is 8.87. The van der Waals surface area contributed by atoms with Gasteiger partial charge in [0.05, 0.1) is 16.5 Å². The molecule has 1 N–H and O–H groups in total. The van der Waals surface area contributed by atoms with Gasteiger partial charge >= 0.3 is 0 Å². The molecule has 108 valence electrons. The summed E-state index contributed by atoms with van der Waals surface area (Å²) >= 11 is 0. The molecule has 0 bridgehead atoms. The Balaban J connectivity index is 2.30. The summed E-state index contributed by atoms with van der Waals surface area (Å²) in [6.07, 6.45) is 0.640. The van der Waals surface area contributed by atoms with E-state index in [2.05, 4.69) is 4.72 Å². The van der Waals surface area contributed by atoms with E-state index < -0.39 is 10.0 Å². The van der Waals surface area contributed by atoms with Crippen LogP contribution in [-0.2, 0) is 10.0 Å². The van der Waals surface area contributed by atoms with Gasteiger partial charge in [0.1, 0.15) is 0 Å². The Labute approximate surface area is 125 Å². The molecule has 0 amide bonds. The highest BCUT2D eigenvalue weighted by molar-refractivity contribution is 7.89. The molecule has 0 fully saturated rings. The van der Waals surface area contributed by atoms with Crippen LogP contribution in [0.2, 0.25) is 0 Å². The number of nitriles is 1. The first-order chi connectivity index (χ1) is 10.1. The summed E-state index contributed by atoms with van der Waals surface area (Å²) in [4.78, 5) is 0.107. The molecule has 2 aromatic rings. The number of hydrogen-bond acceptors (Lipinski definition) is 3. The van der Waals surface area contributed by atoms with Crippen LogP contribution in [-0.4, -0.2) is 8.42 Å². The lowest BCUT2D eigenvalue weighted by Gasteiger charge is -2.17. The van der Waals surface area contributed by atoms with Gasteiger partial charge in [-0.3, -0.25) is 0 Å². The topological polar surface area (TPSA) is 70.0 Å². The van der Waals surface area contributed by atoms with Gasteiger partial charge in [-0.25, -0.2) is 13.1 Å². The number of hydrogen-bond donors (Lipinski definition) is 1. The lowest BCUT2D eigenvalue weighted by Crippen LogP contribution is -2.28. The number of sulfonamides is 1. The van der Waals surface area contributed by atoms with E-state index in [1.165, 1.54) is 12.1 Å². The Bertz CT molecular complexity index is 749. The van der Waals surface area contributed by atoms with Crippen molar-refractivity contribution in [3.05, 3.63) is 65.7 Å². The second kappa shape index (κ2) is 6.53. The maximum atomic E-state index is 12.4. The summed E-state index contributed by atoms with van der Waals surface area (Å²) < 4.78 is 27.5. The van der Waals surface area contributed by atoms with Crippen LogP contribution in [0.3, 0.4) is 0 Å². The number of benzene rings is 2. The molecular weight excluding hydrogens is 284 g/mol. The minimum absolute atomic E-state index is 0.107. The third-order valence-electron chi connectivity index (χ3n) is 3.18. The van der Waals surface area contributed by atoms with Crippen molar-refractivity contribution in [3.8, 4) is 6.07 Å². The lowest BCUT2D eigenvalue weighted by atomic mass is 10.1. The highest BCUT2D eigenvalue weighted by Crippen LogP contribution is 2.20. The Morgan fingerprint density at radius 2 is 1.86 bits per heavy atom. The first-order valence-electron chi connectivity index (χ1n) is 6.64. The maximum Gasteiger partial charge on any atom is 0.241 e. The van der Waals surface area contributed by atoms with Gasteiger partial charge in [-0.05, 0) is 30.2 Å². The van der Waals surface area contributed by atoms with E-state index in [1.54, 1.807) is 12.1 Å². The van der Waals surface area contributed by atoms with Crippen molar-refractivity contribution in [2.24, 2.45) is 0 Å². The summed E-state index contributed by atoms with van der Waals surface area (Å²) in [5.41, 5.74) is 1.24. The third-order valence-corrected chi connectivity index (χ3v) is 4.65. The normalized spacial score (nSPS) is 12.6. The lowest BCUT2D eigenvalue weighted by molar-refractivity contribution is 0.550. The molecule has 21 heavy (non-hydrogen) atoms. The van der Waals surface area contributed by atoms with Crippen LogP contribution in [0.15, 0.2) is 59.5 Å². The molecule has 0 aliphatic rings. The van der Waals surface area contributed by atoms with Gasteiger partial charge in [-0.2, -0.15) is 5.26 Å². The zero-order chi connectivity index (χ0) is 15.3. The van der Waals surface area contributed by atoms with Crippen molar-refractivity contribution in [3.63, 3.8) is 0 Å². The largest absolute Gasteiger partial charge is 0.241 e. The Morgan fingerprint density at radius 1 is 1.14 bits per heavy atom. The number of rotatable bonds is 5. The molecule has 0 saturated carbocycles. The third kappa shape index (κ3) is 3.69. The van der Waals surface area contributed by atoms with E-state index in [-0.39, 0.29) is 10.9 Å². The summed E-state index contributed by atoms with van der Waals surface area (Å²) in [7, 11) is -3.65. The van der Waals surface area contributed by atoms with E-state index >= 15 is 0 Å². The Hall–Kier alpha value is -2.16. The van der Waals surface area contributed by atoms with E-state index in [4.69, 9.17) is 5.26 Å². The second-order valence-corrected chi connectivity index (χ2v) is 6.35. The predicted molar refractivity (Wildman–Crippen MR) is 81.0 cm³/mol. The Morgan fingerprint density at radius 3 is 2.48 bits per heavy atom. The fourth-order valence-electron chi connectivity index (χ4n) is 2.06. The molecule has 0 aliphatic carbocycles. The van der Waals surface area contributed by atoms with Crippen molar-refractivity contribution in [2.45, 2.75) is 24.3 Å². The maximum absolute atomic E-state index is 12.4. The SMILES string of the molecule is CCC(NS(=O)(=O)c1cccc(C#N)c1)c1ccccc1. The van der Waals surface area contributed by atoms with Crippen molar-refractivity contribution in [2.75, 3.05) is 0 Å². The van der Waals surface area contributed by atoms with Crippen LogP contribution in [0.25, 0.3) is 0 Å². The highest BCUT2D eigenvalue weighted by atomic mass is 32.2. The molecule has 1 unspecified atom stereocenters. The minimum Gasteiger partial charge on any atom is -0.207 e. The van der Waals surface area contributed by atoms with E-state index in [0.29, 0.717) is 12.0 Å². The number of nitrogens with zero attached hydrogens (tertiary/aromatic N) is 1. The van der Waals surface area contributed by atoms with Gasteiger partial charge in [0.25, 0.3) is 0 Å². The molecule has 0 heterocycles. The van der Waals surface area contributed by atoms with Crippen LogP contribution in [0, 0.1) is 11.3 Å². The van der Waals surface area contributed by atoms with Gasteiger partial charge in [0, 0.05) is 6.04 Å². The van der Waals surface area contributed by atoms with E-state index in [9.17, 15) is 8.42 Å². The van der Waals surface area contributed by atoms with Crippen LogP contribution in [0.5, 0.6) is 0 Å². The second-order valence-electron chi connectivity index (χ2n) is 4.63. The van der Waals surface area contributed by atoms with Crippen LogP contribution < -0.4 is 4.72 Å². The minimum atomic E-state index is -3.65. The van der Waals surface area contributed by atoms with Gasteiger partial charge in [0.15, 0.2) is 0 Å². The van der Waals surface area contributed by atoms with Crippen LogP contribution >= 0.6 is 0 Å². The van der Waals surface area contributed by atoms with Gasteiger partial charge < -0.3 is 0 Å². The van der Waals surface area contributed by atoms with Crippen molar-refractivity contribution < 1.29 is 8.42 Å². The summed E-state index contributed by atoms with van der Waals surface area (Å²) in [5.74, 6) is 0. The summed E-state index contributed by atoms with van der Waals surface area (Å²) in [6, 6.07) is 17.1. The smallest absolute Gasteiger partial charge is 0.207 e. The van der Waals surface area contributed by atoms with E-state index in [1.807, 2.05) is 43.3 Å². The zero-order valence-corrected chi connectivity index (χ0v) is 12.5. The fraction of sp³-hybridized carbons (Fsp3) is 0.188. The number of nitrogens with one attached hydrogen (secondary N) is 1. The summed E-state index contributed by atoms with van der Waals surface area (Å²) in [6.45, 7) is 1.92.